The molecule has 0 aliphatic carbocycles. The van der Waals surface area contributed by atoms with Crippen molar-refractivity contribution in [3.05, 3.63) is 48.5 Å². The second kappa shape index (κ2) is 12.1. The first-order valence-corrected chi connectivity index (χ1v) is 12.4. The number of rotatable bonds is 4. The molecule has 0 aliphatic heterocycles. The van der Waals surface area contributed by atoms with Gasteiger partial charge in [0.1, 0.15) is 11.5 Å². The van der Waals surface area contributed by atoms with E-state index in [2.05, 4.69) is 29.8 Å². The molecule has 0 atom stereocenters. The van der Waals surface area contributed by atoms with E-state index in [4.69, 9.17) is 20.1 Å². The van der Waals surface area contributed by atoms with Crippen molar-refractivity contribution in [2.75, 3.05) is 0 Å². The first-order valence-electron chi connectivity index (χ1n) is 8.38. The summed E-state index contributed by atoms with van der Waals surface area (Å²) < 4.78 is 48.4. The molecule has 0 unspecified atom stereocenters. The third-order valence-corrected chi connectivity index (χ3v) is 4.55. The van der Waals surface area contributed by atoms with Crippen molar-refractivity contribution < 1.29 is 26.7 Å². The second-order valence-electron chi connectivity index (χ2n) is 6.24. The number of alkyl halides is 1. The van der Waals surface area contributed by atoms with E-state index in [1.807, 2.05) is 13.8 Å². The van der Waals surface area contributed by atoms with E-state index in [0.29, 0.717) is 10.6 Å². The molecule has 0 bridgehead atoms. The van der Waals surface area contributed by atoms with Crippen LogP contribution >= 0.6 is 15.9 Å². The molecule has 0 aliphatic rings. The Bertz CT molecular complexity index is 940. The molecule has 2 aromatic rings. The molecule has 2 aromatic carbocycles. The Labute approximate surface area is 181 Å². The van der Waals surface area contributed by atoms with Crippen molar-refractivity contribution in [3.63, 3.8) is 0 Å². The summed E-state index contributed by atoms with van der Waals surface area (Å²) in [6.07, 6.45) is 0.0651. The molecule has 0 aromatic heterocycles. The van der Waals surface area contributed by atoms with Gasteiger partial charge in [0.15, 0.2) is 0 Å². The molecule has 0 spiro atoms. The fourth-order valence-electron chi connectivity index (χ4n) is 1.62. The molecule has 11 heteroatoms. The van der Waals surface area contributed by atoms with E-state index in [-0.39, 0.29) is 21.6 Å². The van der Waals surface area contributed by atoms with Crippen molar-refractivity contribution in [2.24, 2.45) is 10.3 Å². The van der Waals surface area contributed by atoms with Gasteiger partial charge in [-0.05, 0) is 62.4 Å². The zero-order valence-electron chi connectivity index (χ0n) is 16.6. The Morgan fingerprint density at radius 3 is 1.38 bits per heavy atom. The Kier molecular flexibility index (Phi) is 11.4. The SMILES string of the molecule is CC(C)Br.CC(C)Oc1ccc(S(N)(=O)=O)cc1.NS(=O)(=O)c1ccc(O)cc1. The van der Waals surface area contributed by atoms with Gasteiger partial charge in [0, 0.05) is 4.83 Å². The number of phenolic OH excluding ortho intramolecular Hbond substituents is 1. The van der Waals surface area contributed by atoms with Crippen LogP contribution in [0.15, 0.2) is 58.3 Å². The molecule has 0 radical (unpaired) electrons. The van der Waals surface area contributed by atoms with Crippen LogP contribution < -0.4 is 15.0 Å². The zero-order chi connectivity index (χ0) is 22.8. The molecule has 0 saturated heterocycles. The van der Waals surface area contributed by atoms with Gasteiger partial charge in [-0.25, -0.2) is 27.1 Å². The van der Waals surface area contributed by atoms with Crippen LogP contribution in [-0.2, 0) is 20.0 Å². The second-order valence-corrected chi connectivity index (χ2v) is 11.2. The van der Waals surface area contributed by atoms with Crippen LogP contribution in [0.4, 0.5) is 0 Å². The highest BCUT2D eigenvalue weighted by Gasteiger charge is 2.07. The van der Waals surface area contributed by atoms with E-state index in [1.165, 1.54) is 36.4 Å². The summed E-state index contributed by atoms with van der Waals surface area (Å²) in [4.78, 5) is 0.733. The third-order valence-electron chi connectivity index (χ3n) is 2.69. The quantitative estimate of drug-likeness (QED) is 0.537. The molecule has 29 heavy (non-hydrogen) atoms. The number of phenols is 1. The van der Waals surface area contributed by atoms with E-state index in [9.17, 15) is 16.8 Å². The van der Waals surface area contributed by atoms with Gasteiger partial charge < -0.3 is 9.84 Å². The van der Waals surface area contributed by atoms with Crippen LogP contribution in [0.1, 0.15) is 27.7 Å². The highest BCUT2D eigenvalue weighted by molar-refractivity contribution is 9.09. The van der Waals surface area contributed by atoms with Gasteiger partial charge in [0.05, 0.1) is 15.9 Å². The van der Waals surface area contributed by atoms with Crippen LogP contribution in [-0.4, -0.2) is 32.9 Å². The zero-order valence-corrected chi connectivity index (χ0v) is 19.8. The number of halogens is 1. The summed E-state index contributed by atoms with van der Waals surface area (Å²) in [5.41, 5.74) is 0. The molecular formula is C18H27BrN2O6S2. The van der Waals surface area contributed by atoms with Crippen molar-refractivity contribution in [1.82, 2.24) is 0 Å². The lowest BCUT2D eigenvalue weighted by atomic mass is 10.3. The average Bonchev–Trinajstić information content (AvgIpc) is 2.53. The first kappa shape index (κ1) is 27.3. The summed E-state index contributed by atoms with van der Waals surface area (Å²) in [5, 5.41) is 18.5. The smallest absolute Gasteiger partial charge is 0.238 e. The van der Waals surface area contributed by atoms with Crippen molar-refractivity contribution in [3.8, 4) is 11.5 Å². The molecule has 0 amide bonds. The van der Waals surface area contributed by atoms with Crippen LogP contribution in [0.2, 0.25) is 0 Å². The molecule has 5 N–H and O–H groups in total. The summed E-state index contributed by atoms with van der Waals surface area (Å²) in [5.74, 6) is 0.643. The highest BCUT2D eigenvalue weighted by Crippen LogP contribution is 2.16. The van der Waals surface area contributed by atoms with Crippen molar-refractivity contribution in [1.29, 1.82) is 0 Å². The normalized spacial score (nSPS) is 11.2. The van der Waals surface area contributed by atoms with Crippen molar-refractivity contribution in [2.45, 2.75) is 48.4 Å². The molecule has 164 valence electrons. The number of hydrogen-bond donors (Lipinski definition) is 3. The van der Waals surface area contributed by atoms with Crippen LogP contribution in [0, 0.1) is 0 Å². The number of nitrogens with two attached hydrogens (primary N) is 2. The monoisotopic (exact) mass is 510 g/mol. The Hall–Kier alpha value is -1.66. The lowest BCUT2D eigenvalue weighted by molar-refractivity contribution is 0.242. The average molecular weight is 511 g/mol. The number of aromatic hydroxyl groups is 1. The molecule has 8 nitrogen and oxygen atoms in total. The van der Waals surface area contributed by atoms with E-state index in [1.54, 1.807) is 12.1 Å². The fraction of sp³-hybridized carbons (Fsp3) is 0.333. The first-order chi connectivity index (χ1) is 13.1. The summed E-state index contributed by atoms with van der Waals surface area (Å²) in [7, 11) is -7.23. The van der Waals surface area contributed by atoms with E-state index < -0.39 is 20.0 Å². The van der Waals surface area contributed by atoms with Crippen LogP contribution in [0.25, 0.3) is 0 Å². The van der Waals surface area contributed by atoms with Crippen molar-refractivity contribution >= 4 is 36.0 Å². The molecular weight excluding hydrogens is 484 g/mol. The summed E-state index contributed by atoms with van der Waals surface area (Å²) in [6, 6.07) is 11.0. The maximum atomic E-state index is 10.9. The largest absolute Gasteiger partial charge is 0.508 e. The highest BCUT2D eigenvalue weighted by atomic mass is 79.9. The lowest BCUT2D eigenvalue weighted by Gasteiger charge is -2.09. The number of sulfonamides is 2. The third kappa shape index (κ3) is 13.2. The molecule has 0 saturated carbocycles. The summed E-state index contributed by atoms with van der Waals surface area (Å²) in [6.45, 7) is 7.96. The van der Waals surface area contributed by atoms with Gasteiger partial charge in [-0.2, -0.15) is 0 Å². The number of ether oxygens (including phenoxy) is 1. The predicted octanol–water partition coefficient (Wildman–Crippen LogP) is 2.95. The van der Waals surface area contributed by atoms with E-state index >= 15 is 0 Å². The fourth-order valence-corrected chi connectivity index (χ4v) is 2.65. The van der Waals surface area contributed by atoms with E-state index in [0.717, 1.165) is 0 Å². The van der Waals surface area contributed by atoms with Gasteiger partial charge in [-0.1, -0.05) is 29.8 Å². The minimum absolute atomic E-state index is 0.00435. The molecule has 0 fully saturated rings. The van der Waals surface area contributed by atoms with Gasteiger partial charge >= 0.3 is 0 Å². The number of hydrogen-bond acceptors (Lipinski definition) is 6. The topological polar surface area (TPSA) is 150 Å². The standard InChI is InChI=1S/C9H13NO3S.C6H7NO3S.C3H7Br/c1-7(2)13-8-3-5-9(6-4-8)14(10,11)12;7-11(9,10)6-3-1-5(8)2-4-6;1-3(2)4/h3-7H,1-2H3,(H2,10,11,12);1-4,8H,(H2,7,9,10);3H,1-2H3. The number of benzene rings is 2. The maximum Gasteiger partial charge on any atom is 0.238 e. The summed E-state index contributed by atoms with van der Waals surface area (Å²) >= 11 is 3.27. The Morgan fingerprint density at radius 1 is 0.793 bits per heavy atom. The van der Waals surface area contributed by atoms with Gasteiger partial charge in [-0.15, -0.1) is 0 Å². The van der Waals surface area contributed by atoms with Gasteiger partial charge in [-0.3, -0.25) is 0 Å². The minimum atomic E-state index is -3.63. The Balaban J connectivity index is 0.000000466. The van der Waals surface area contributed by atoms with Gasteiger partial charge in [0.2, 0.25) is 20.0 Å². The predicted molar refractivity (Wildman–Crippen MR) is 117 cm³/mol. The molecule has 2 rings (SSSR count). The maximum absolute atomic E-state index is 10.9. The minimum Gasteiger partial charge on any atom is -0.508 e. The van der Waals surface area contributed by atoms with Crippen LogP contribution in [0.3, 0.4) is 0 Å². The Morgan fingerprint density at radius 2 is 1.10 bits per heavy atom. The van der Waals surface area contributed by atoms with Crippen LogP contribution in [0.5, 0.6) is 11.5 Å². The molecule has 0 heterocycles. The lowest BCUT2D eigenvalue weighted by Crippen LogP contribution is -2.12. The van der Waals surface area contributed by atoms with Gasteiger partial charge in [0.25, 0.3) is 0 Å². The number of primary sulfonamides is 2.